The monoisotopic (exact) mass is 1190 g/mol. The van der Waals surface area contributed by atoms with Gasteiger partial charge in [-0.25, -0.2) is 4.79 Å². The van der Waals surface area contributed by atoms with Crippen LogP contribution in [0.2, 0.25) is 0 Å². The summed E-state index contributed by atoms with van der Waals surface area (Å²) in [6, 6.07) is 9.09. The molecule has 1 aromatic carbocycles. The molecule has 7 amide bonds. The first kappa shape index (κ1) is 73.9. The van der Waals surface area contributed by atoms with Crippen molar-refractivity contribution in [1.82, 2.24) is 46.6 Å². The van der Waals surface area contributed by atoms with E-state index in [2.05, 4.69) is 31.9 Å². The van der Waals surface area contributed by atoms with E-state index in [-0.39, 0.29) is 215 Å². The van der Waals surface area contributed by atoms with Crippen LogP contribution >= 0.6 is 0 Å². The number of hydrogen-bond acceptors (Lipinski definition) is 20. The van der Waals surface area contributed by atoms with Gasteiger partial charge in [-0.15, -0.1) is 0 Å². The highest BCUT2D eigenvalue weighted by Crippen LogP contribution is 2.04. The summed E-state index contributed by atoms with van der Waals surface area (Å²) in [4.78, 5) is 134. The molecule has 0 aliphatic heterocycles. The summed E-state index contributed by atoms with van der Waals surface area (Å²) in [7, 11) is 0. The van der Waals surface area contributed by atoms with E-state index in [1.54, 1.807) is 9.80 Å². The Morgan fingerprint density at radius 2 is 0.602 bits per heavy atom. The second-order valence-electron chi connectivity index (χ2n) is 17.9. The van der Waals surface area contributed by atoms with E-state index in [1.165, 1.54) is 4.90 Å². The fourth-order valence-electron chi connectivity index (χ4n) is 6.71. The van der Waals surface area contributed by atoms with Crippen molar-refractivity contribution in [3.05, 3.63) is 35.9 Å². The van der Waals surface area contributed by atoms with Gasteiger partial charge in [-0.05, 0) is 5.56 Å². The molecule has 0 bridgehead atoms. The fourth-order valence-corrected chi connectivity index (χ4v) is 6.71. The highest BCUT2D eigenvalue weighted by Gasteiger charge is 2.17. The number of amides is 7. The molecule has 31 heteroatoms. The number of benzene rings is 1. The average Bonchev–Trinajstić information content (AvgIpc) is 3.45. The van der Waals surface area contributed by atoms with Gasteiger partial charge in [0.15, 0.2) is 0 Å². The van der Waals surface area contributed by atoms with Crippen molar-refractivity contribution in [2.45, 2.75) is 58.0 Å². The lowest BCUT2D eigenvalue weighted by Crippen LogP contribution is -2.42. The maximum Gasteiger partial charge on any atom is 0.410 e. The Kier molecular flexibility index (Phi) is 44.0. The van der Waals surface area contributed by atoms with Gasteiger partial charge in [-0.1, -0.05) is 30.3 Å². The number of hydrogen-bond donors (Lipinski definition) is 10. The number of rotatable bonds is 54. The van der Waals surface area contributed by atoms with E-state index in [0.717, 1.165) is 5.56 Å². The van der Waals surface area contributed by atoms with Crippen LogP contribution in [0.4, 0.5) is 4.79 Å². The lowest BCUT2D eigenvalue weighted by atomic mass is 10.2. The zero-order valence-corrected chi connectivity index (χ0v) is 47.1. The van der Waals surface area contributed by atoms with Gasteiger partial charge in [-0.2, -0.15) is 0 Å². The van der Waals surface area contributed by atoms with Gasteiger partial charge in [0.25, 0.3) is 0 Å². The molecule has 83 heavy (non-hydrogen) atoms. The minimum atomic E-state index is -1.08. The lowest BCUT2D eigenvalue weighted by molar-refractivity contribution is -0.139. The van der Waals surface area contributed by atoms with Crippen molar-refractivity contribution >= 4 is 65.4 Å². The summed E-state index contributed by atoms with van der Waals surface area (Å²) in [6.07, 6.45) is -2.42. The molecule has 0 aromatic heterocycles. The van der Waals surface area contributed by atoms with Gasteiger partial charge in [-0.3, -0.25) is 57.7 Å². The van der Waals surface area contributed by atoms with Crippen LogP contribution in [0.5, 0.6) is 0 Å². The molecule has 10 N–H and O–H groups in total. The number of carbonyl (C=O) groups excluding carboxylic acids is 7. The summed E-state index contributed by atoms with van der Waals surface area (Å²) >= 11 is 0. The number of carboxylic acids is 4. The molecule has 1 rings (SSSR count). The minimum Gasteiger partial charge on any atom is -0.481 e. The molecule has 31 nitrogen and oxygen atoms in total. The van der Waals surface area contributed by atoms with E-state index >= 15 is 0 Å². The van der Waals surface area contributed by atoms with Crippen LogP contribution in [-0.2, 0) is 87.7 Å². The molecule has 0 radical (unpaired) electrons. The first-order chi connectivity index (χ1) is 39.9. The molecule has 0 fully saturated rings. The Balaban J connectivity index is 2.66. The minimum absolute atomic E-state index is 0.0199. The van der Waals surface area contributed by atoms with E-state index < -0.39 is 53.6 Å². The van der Waals surface area contributed by atoms with E-state index in [9.17, 15) is 52.7 Å². The van der Waals surface area contributed by atoms with Crippen LogP contribution in [0.1, 0.15) is 56.9 Å². The standard InChI is InChI=1S/C52H85N9O22/c62-42(6-10-48(68)69)53-14-26-77-32-20-59(21-33-78-27-15-54-43(63)7-11-49(70)71)38-46(66)57-18-30-81-36-24-61(52(76)83-40-41-4-2-1-3-5-41)25-37-82-31-19-58-47(67)39-60(22-34-79-28-16-55-44(64)8-12-50(72)73)23-35-80-29-17-56-45(65)9-13-51(74)75/h1-5H,6-40H2,(H,53,62)(H,54,63)(H,55,64)(H,56,65)(H,57,66)(H,58,67)(H,68,69)(H,70,71)(H,72,73)(H,74,75). The molecule has 1 aromatic rings. The molecule has 0 atom stereocenters. The first-order valence-corrected chi connectivity index (χ1v) is 27.3. The summed E-state index contributed by atoms with van der Waals surface area (Å²) < 4.78 is 39.4. The number of nitrogens with one attached hydrogen (secondary N) is 6. The van der Waals surface area contributed by atoms with Gasteiger partial charge in [0.05, 0.1) is 118 Å². The quantitative estimate of drug-likeness (QED) is 0.0301. The number of ether oxygens (including phenoxy) is 7. The normalized spacial score (nSPS) is 10.9. The number of carbonyl (C=O) groups is 11. The predicted molar refractivity (Wildman–Crippen MR) is 292 cm³/mol. The van der Waals surface area contributed by atoms with Crippen molar-refractivity contribution < 1.29 is 106 Å². The van der Waals surface area contributed by atoms with Crippen LogP contribution in [-0.4, -0.2) is 271 Å². The van der Waals surface area contributed by atoms with Crippen LogP contribution in [0.15, 0.2) is 30.3 Å². The smallest absolute Gasteiger partial charge is 0.410 e. The highest BCUT2D eigenvalue weighted by molar-refractivity contribution is 5.82. The van der Waals surface area contributed by atoms with Crippen molar-refractivity contribution in [1.29, 1.82) is 0 Å². The van der Waals surface area contributed by atoms with Crippen molar-refractivity contribution in [3.8, 4) is 0 Å². The van der Waals surface area contributed by atoms with Gasteiger partial charge < -0.3 is 90.4 Å². The molecular weight excluding hydrogens is 1100 g/mol. The molecule has 0 unspecified atom stereocenters. The largest absolute Gasteiger partial charge is 0.481 e. The summed E-state index contributed by atoms with van der Waals surface area (Å²) in [5.41, 5.74) is 0.777. The number of aliphatic carboxylic acids is 4. The zero-order valence-electron chi connectivity index (χ0n) is 47.1. The van der Waals surface area contributed by atoms with Gasteiger partial charge >= 0.3 is 30.0 Å². The Hall–Kier alpha value is -7.13. The lowest BCUT2D eigenvalue weighted by Gasteiger charge is -2.23. The fraction of sp³-hybridized carbons (Fsp3) is 0.673. The van der Waals surface area contributed by atoms with Crippen LogP contribution < -0.4 is 31.9 Å². The number of nitrogens with zero attached hydrogens (tertiary/aromatic N) is 3. The molecule has 0 saturated heterocycles. The first-order valence-electron chi connectivity index (χ1n) is 27.3. The topological polar surface area (TPSA) is 415 Å². The molecule has 470 valence electrons. The predicted octanol–water partition coefficient (Wildman–Crippen LogP) is -2.51. The molecule has 0 saturated carbocycles. The summed E-state index contributed by atoms with van der Waals surface area (Å²) in [5.74, 6) is -6.69. The van der Waals surface area contributed by atoms with Crippen molar-refractivity contribution in [2.75, 3.05) is 171 Å². The third kappa shape index (κ3) is 47.1. The second kappa shape index (κ2) is 49.5. The van der Waals surface area contributed by atoms with Crippen molar-refractivity contribution in [2.24, 2.45) is 0 Å². The maximum atomic E-state index is 13.2. The average molecular weight is 1190 g/mol. The maximum absolute atomic E-state index is 13.2. The zero-order chi connectivity index (χ0) is 61.1. The Bertz CT molecular complexity index is 1860. The van der Waals surface area contributed by atoms with Gasteiger partial charge in [0.1, 0.15) is 6.61 Å². The van der Waals surface area contributed by atoms with Gasteiger partial charge in [0.2, 0.25) is 35.4 Å². The van der Waals surface area contributed by atoms with E-state index in [4.69, 9.17) is 53.6 Å². The van der Waals surface area contributed by atoms with Crippen LogP contribution in [0.25, 0.3) is 0 Å². The molecule has 0 aliphatic carbocycles. The third-order valence-corrected chi connectivity index (χ3v) is 11.1. The Morgan fingerprint density at radius 1 is 0.337 bits per heavy atom. The SMILES string of the molecule is O=C(O)CCC(=O)NCCOCCN(CCOCCNC(=O)CCC(=O)O)CC(=O)NCCOCCN(CCOCCNC(=O)CN(CCOCCNC(=O)CCC(=O)O)CCOCCNC(=O)CCC(=O)O)C(=O)OCc1ccccc1. The van der Waals surface area contributed by atoms with E-state index in [1.807, 2.05) is 30.3 Å². The van der Waals surface area contributed by atoms with Crippen LogP contribution in [0, 0.1) is 0 Å². The van der Waals surface area contributed by atoms with Crippen LogP contribution in [0.3, 0.4) is 0 Å². The molecular formula is C52H85N9O22. The van der Waals surface area contributed by atoms with E-state index in [0.29, 0.717) is 26.2 Å². The number of carboxylic acid groups (broad SMARTS) is 4. The summed E-state index contributed by atoms with van der Waals surface area (Å²) in [6.45, 7) is 3.94. The third-order valence-electron chi connectivity index (χ3n) is 11.1. The Labute approximate surface area is 482 Å². The highest BCUT2D eigenvalue weighted by atomic mass is 16.6. The summed E-state index contributed by atoms with van der Waals surface area (Å²) in [5, 5.41) is 50.8. The molecule has 0 spiro atoms. The second-order valence-corrected chi connectivity index (χ2v) is 17.9. The van der Waals surface area contributed by atoms with Crippen molar-refractivity contribution in [3.63, 3.8) is 0 Å². The molecule has 0 heterocycles. The Morgan fingerprint density at radius 3 is 0.880 bits per heavy atom. The molecule has 0 aliphatic rings. The van der Waals surface area contributed by atoms with Gasteiger partial charge in [0, 0.05) is 104 Å².